The number of carbonyl (C=O) groups excluding carboxylic acids is 1. The molecule has 0 fully saturated rings. The predicted molar refractivity (Wildman–Crippen MR) is 76.8 cm³/mol. The van der Waals surface area contributed by atoms with Crippen molar-refractivity contribution in [2.45, 2.75) is 18.9 Å². The molecule has 2 aromatic rings. The van der Waals surface area contributed by atoms with Crippen LogP contribution in [0.15, 0.2) is 29.6 Å². The van der Waals surface area contributed by atoms with Crippen LogP contribution in [0.2, 0.25) is 5.02 Å². The summed E-state index contributed by atoms with van der Waals surface area (Å²) in [6.07, 6.45) is 0.292. The summed E-state index contributed by atoms with van der Waals surface area (Å²) in [7, 11) is 0. The van der Waals surface area contributed by atoms with E-state index in [1.54, 1.807) is 17.4 Å². The fourth-order valence-electron chi connectivity index (χ4n) is 2.25. The number of nitrogens with one attached hydrogen (secondary N) is 1. The van der Waals surface area contributed by atoms with Gasteiger partial charge in [-0.3, -0.25) is 4.79 Å². The minimum Gasteiger partial charge on any atom is -0.388 e. The Kier molecular flexibility index (Phi) is 3.31. The van der Waals surface area contributed by atoms with Gasteiger partial charge < -0.3 is 10.4 Å². The van der Waals surface area contributed by atoms with E-state index in [0.29, 0.717) is 23.6 Å². The molecule has 1 unspecified atom stereocenters. The number of thiophene rings is 1. The van der Waals surface area contributed by atoms with Gasteiger partial charge in [-0.1, -0.05) is 23.7 Å². The molecule has 1 atom stereocenters. The fourth-order valence-corrected chi connectivity index (χ4v) is 3.29. The highest BCUT2D eigenvalue weighted by Crippen LogP contribution is 2.35. The summed E-state index contributed by atoms with van der Waals surface area (Å²) >= 11 is 7.76. The van der Waals surface area contributed by atoms with Crippen molar-refractivity contribution in [3.8, 4) is 0 Å². The number of hydrogen-bond acceptors (Lipinski definition) is 3. The van der Waals surface area contributed by atoms with Gasteiger partial charge in [0.25, 0.3) is 0 Å². The molecule has 0 saturated heterocycles. The number of carbonyl (C=O) groups is 1. The highest BCUT2D eigenvalue weighted by molar-refractivity contribution is 7.09. The SMILES string of the molecule is O=C1Cc2cc(C(O)Cc3cccs3)cc(Cl)c2N1. The normalized spacial score (nSPS) is 15.2. The van der Waals surface area contributed by atoms with E-state index in [1.165, 1.54) is 0 Å². The number of aliphatic hydroxyl groups excluding tert-OH is 1. The molecule has 0 aliphatic carbocycles. The minimum absolute atomic E-state index is 0.0539. The third kappa shape index (κ3) is 2.52. The molecule has 0 saturated carbocycles. The van der Waals surface area contributed by atoms with Gasteiger partial charge in [-0.25, -0.2) is 0 Å². The fraction of sp³-hybridized carbons (Fsp3) is 0.214. The van der Waals surface area contributed by atoms with Crippen LogP contribution in [0.25, 0.3) is 0 Å². The smallest absolute Gasteiger partial charge is 0.228 e. The molecule has 0 radical (unpaired) electrons. The Balaban J connectivity index is 1.88. The van der Waals surface area contributed by atoms with Crippen LogP contribution in [0.5, 0.6) is 0 Å². The van der Waals surface area contributed by atoms with Crippen LogP contribution in [0, 0.1) is 0 Å². The van der Waals surface area contributed by atoms with Crippen molar-refractivity contribution in [1.82, 2.24) is 0 Å². The van der Waals surface area contributed by atoms with Crippen LogP contribution < -0.4 is 5.32 Å². The predicted octanol–water partition coefficient (Wildman–Crippen LogP) is 3.17. The zero-order valence-corrected chi connectivity index (χ0v) is 11.6. The molecule has 1 aliphatic rings. The summed E-state index contributed by atoms with van der Waals surface area (Å²) < 4.78 is 0. The Bertz CT molecular complexity index is 625. The zero-order chi connectivity index (χ0) is 13.4. The zero-order valence-electron chi connectivity index (χ0n) is 10.0. The van der Waals surface area contributed by atoms with Crippen LogP contribution in [0.4, 0.5) is 5.69 Å². The number of amides is 1. The molecule has 2 heterocycles. The van der Waals surface area contributed by atoms with Crippen molar-refractivity contribution in [3.63, 3.8) is 0 Å². The van der Waals surface area contributed by atoms with Crippen LogP contribution in [-0.2, 0) is 17.6 Å². The van der Waals surface area contributed by atoms with Gasteiger partial charge in [0.1, 0.15) is 0 Å². The molecule has 3 nitrogen and oxygen atoms in total. The molecule has 2 N–H and O–H groups in total. The summed E-state index contributed by atoms with van der Waals surface area (Å²) in [5, 5.41) is 15.5. The first-order valence-electron chi connectivity index (χ1n) is 5.96. The van der Waals surface area contributed by atoms with Crippen molar-refractivity contribution in [2.75, 3.05) is 5.32 Å². The molecule has 0 spiro atoms. The average Bonchev–Trinajstić information content (AvgIpc) is 2.97. The van der Waals surface area contributed by atoms with Crippen LogP contribution in [0.3, 0.4) is 0 Å². The van der Waals surface area contributed by atoms with Gasteiger partial charge in [-0.15, -0.1) is 11.3 Å². The molecule has 19 heavy (non-hydrogen) atoms. The first kappa shape index (κ1) is 12.7. The first-order chi connectivity index (χ1) is 9.13. The second kappa shape index (κ2) is 4.96. The number of hydrogen-bond donors (Lipinski definition) is 2. The van der Waals surface area contributed by atoms with Gasteiger partial charge in [0.05, 0.1) is 23.2 Å². The number of benzene rings is 1. The molecular formula is C14H12ClNO2S. The van der Waals surface area contributed by atoms with Crippen molar-refractivity contribution in [2.24, 2.45) is 0 Å². The topological polar surface area (TPSA) is 49.3 Å². The summed E-state index contributed by atoms with van der Waals surface area (Å²) in [6.45, 7) is 0. The van der Waals surface area contributed by atoms with Gasteiger partial charge in [0.2, 0.25) is 5.91 Å². The standard InChI is InChI=1S/C14H12ClNO2S/c15-11-5-8(4-9-6-13(18)16-14(9)11)12(17)7-10-2-1-3-19-10/h1-5,12,17H,6-7H2,(H,16,18). The first-order valence-corrected chi connectivity index (χ1v) is 7.22. The van der Waals surface area contributed by atoms with E-state index in [4.69, 9.17) is 11.6 Å². The van der Waals surface area contributed by atoms with Crippen LogP contribution in [0.1, 0.15) is 22.1 Å². The molecule has 1 aromatic heterocycles. The van der Waals surface area contributed by atoms with Crippen LogP contribution >= 0.6 is 22.9 Å². The van der Waals surface area contributed by atoms with Gasteiger partial charge in [0.15, 0.2) is 0 Å². The molecular weight excluding hydrogens is 282 g/mol. The number of halogens is 1. The summed E-state index contributed by atoms with van der Waals surface area (Å²) in [4.78, 5) is 12.5. The quantitative estimate of drug-likeness (QED) is 0.913. The minimum atomic E-state index is -0.600. The molecule has 98 valence electrons. The second-order valence-electron chi connectivity index (χ2n) is 4.56. The van der Waals surface area contributed by atoms with E-state index in [2.05, 4.69) is 5.32 Å². The van der Waals surface area contributed by atoms with E-state index in [9.17, 15) is 9.90 Å². The van der Waals surface area contributed by atoms with E-state index < -0.39 is 6.10 Å². The van der Waals surface area contributed by atoms with E-state index in [1.807, 2.05) is 23.6 Å². The lowest BCUT2D eigenvalue weighted by Crippen LogP contribution is -2.03. The second-order valence-corrected chi connectivity index (χ2v) is 6.00. The Morgan fingerprint density at radius 1 is 1.47 bits per heavy atom. The third-order valence-electron chi connectivity index (χ3n) is 3.17. The van der Waals surface area contributed by atoms with E-state index in [-0.39, 0.29) is 5.91 Å². The summed E-state index contributed by atoms with van der Waals surface area (Å²) in [5.74, 6) is -0.0539. The number of aliphatic hydroxyl groups is 1. The Labute approximate surface area is 119 Å². The highest BCUT2D eigenvalue weighted by Gasteiger charge is 2.22. The average molecular weight is 294 g/mol. The van der Waals surface area contributed by atoms with E-state index >= 15 is 0 Å². The van der Waals surface area contributed by atoms with Gasteiger partial charge in [0, 0.05) is 11.3 Å². The van der Waals surface area contributed by atoms with E-state index in [0.717, 1.165) is 16.0 Å². The van der Waals surface area contributed by atoms with Crippen molar-refractivity contribution < 1.29 is 9.90 Å². The Hall–Kier alpha value is -1.36. The van der Waals surface area contributed by atoms with Crippen molar-refractivity contribution in [3.05, 3.63) is 50.7 Å². The van der Waals surface area contributed by atoms with Crippen molar-refractivity contribution >= 4 is 34.5 Å². The molecule has 1 aromatic carbocycles. The molecule has 5 heteroatoms. The maximum absolute atomic E-state index is 11.4. The van der Waals surface area contributed by atoms with Gasteiger partial charge in [-0.2, -0.15) is 0 Å². The Morgan fingerprint density at radius 2 is 2.32 bits per heavy atom. The van der Waals surface area contributed by atoms with Gasteiger partial charge >= 0.3 is 0 Å². The van der Waals surface area contributed by atoms with Crippen LogP contribution in [-0.4, -0.2) is 11.0 Å². The number of fused-ring (bicyclic) bond motifs is 1. The lowest BCUT2D eigenvalue weighted by atomic mass is 10.0. The maximum atomic E-state index is 11.4. The van der Waals surface area contributed by atoms with Crippen molar-refractivity contribution in [1.29, 1.82) is 0 Å². The third-order valence-corrected chi connectivity index (χ3v) is 4.37. The Morgan fingerprint density at radius 3 is 3.05 bits per heavy atom. The molecule has 1 amide bonds. The highest BCUT2D eigenvalue weighted by atomic mass is 35.5. The lowest BCUT2D eigenvalue weighted by Gasteiger charge is -2.12. The summed E-state index contributed by atoms with van der Waals surface area (Å²) in [6, 6.07) is 7.54. The molecule has 0 bridgehead atoms. The number of anilines is 1. The maximum Gasteiger partial charge on any atom is 0.228 e. The number of rotatable bonds is 3. The monoisotopic (exact) mass is 293 g/mol. The largest absolute Gasteiger partial charge is 0.388 e. The lowest BCUT2D eigenvalue weighted by molar-refractivity contribution is -0.115. The summed E-state index contributed by atoms with van der Waals surface area (Å²) in [5.41, 5.74) is 2.30. The van der Waals surface area contributed by atoms with Gasteiger partial charge in [-0.05, 0) is 28.6 Å². The molecule has 1 aliphatic heterocycles. The molecule has 3 rings (SSSR count).